The van der Waals surface area contributed by atoms with Crippen molar-refractivity contribution in [3.05, 3.63) is 15.6 Å². The lowest BCUT2D eigenvalue weighted by Gasteiger charge is -2.34. The Labute approximate surface area is 179 Å². The van der Waals surface area contributed by atoms with Gasteiger partial charge in [-0.2, -0.15) is 0 Å². The van der Waals surface area contributed by atoms with Crippen LogP contribution in [0.15, 0.2) is 4.99 Å². The van der Waals surface area contributed by atoms with Gasteiger partial charge in [0.1, 0.15) is 5.60 Å². The van der Waals surface area contributed by atoms with Crippen molar-refractivity contribution in [3.63, 3.8) is 0 Å². The van der Waals surface area contributed by atoms with Gasteiger partial charge in [-0.05, 0) is 66.7 Å². The predicted molar refractivity (Wildman–Crippen MR) is 120 cm³/mol. The van der Waals surface area contributed by atoms with E-state index in [1.165, 1.54) is 4.88 Å². The Kier molecular flexibility index (Phi) is 8.74. The number of ether oxygens (including phenoxy) is 1. The maximum absolute atomic E-state index is 12.3. The average Bonchev–Trinajstić information content (AvgIpc) is 2.96. The molecule has 0 bridgehead atoms. The van der Waals surface area contributed by atoms with E-state index in [1.54, 1.807) is 11.3 Å². The standard InChI is InChI=1S/C21H37N5O2S/c1-7-22-19(24-13-18-15(2)25-16(3)29-18)23-11-10-17-9-8-12-26(14-17)20(27)28-21(4,5)6/h17H,7-14H2,1-6H3,(H2,22,23,24). The molecule has 1 aliphatic heterocycles. The first-order valence-corrected chi connectivity index (χ1v) is 11.4. The van der Waals surface area contributed by atoms with Crippen LogP contribution in [-0.4, -0.2) is 53.7 Å². The van der Waals surface area contributed by atoms with Crippen molar-refractivity contribution in [1.82, 2.24) is 20.5 Å². The van der Waals surface area contributed by atoms with Gasteiger partial charge in [-0.1, -0.05) is 0 Å². The monoisotopic (exact) mass is 423 g/mol. The molecule has 1 atom stereocenters. The molecule has 1 saturated heterocycles. The Bertz CT molecular complexity index is 696. The number of carbonyl (C=O) groups is 1. The first-order chi connectivity index (χ1) is 13.7. The average molecular weight is 424 g/mol. The summed E-state index contributed by atoms with van der Waals surface area (Å²) in [6.07, 6.45) is 2.98. The fraction of sp³-hybridized carbons (Fsp3) is 0.762. The smallest absolute Gasteiger partial charge is 0.410 e. The van der Waals surface area contributed by atoms with Gasteiger partial charge in [-0.3, -0.25) is 0 Å². The molecule has 1 unspecified atom stereocenters. The SMILES string of the molecule is CCNC(=NCc1sc(C)nc1C)NCCC1CCCN(C(=O)OC(C)(C)C)C1. The molecular formula is C21H37N5O2S. The molecule has 1 aromatic rings. The summed E-state index contributed by atoms with van der Waals surface area (Å²) in [5, 5.41) is 7.82. The van der Waals surface area contributed by atoms with Crippen molar-refractivity contribution in [3.8, 4) is 0 Å². The van der Waals surface area contributed by atoms with Crippen LogP contribution in [0.5, 0.6) is 0 Å². The highest BCUT2D eigenvalue weighted by molar-refractivity contribution is 7.11. The molecule has 2 rings (SSSR count). The number of nitrogens with one attached hydrogen (secondary N) is 2. The van der Waals surface area contributed by atoms with Crippen molar-refractivity contribution in [2.24, 2.45) is 10.9 Å². The van der Waals surface area contributed by atoms with E-state index in [-0.39, 0.29) is 6.09 Å². The lowest BCUT2D eigenvalue weighted by atomic mass is 9.95. The van der Waals surface area contributed by atoms with Crippen molar-refractivity contribution in [2.45, 2.75) is 73.0 Å². The molecule has 29 heavy (non-hydrogen) atoms. The topological polar surface area (TPSA) is 78.9 Å². The minimum absolute atomic E-state index is 0.194. The van der Waals surface area contributed by atoms with Crippen molar-refractivity contribution < 1.29 is 9.53 Å². The molecule has 164 valence electrons. The zero-order chi connectivity index (χ0) is 21.4. The van der Waals surface area contributed by atoms with Gasteiger partial charge < -0.3 is 20.3 Å². The maximum atomic E-state index is 12.3. The Hall–Kier alpha value is -1.83. The highest BCUT2D eigenvalue weighted by Crippen LogP contribution is 2.21. The molecule has 1 fully saturated rings. The summed E-state index contributed by atoms with van der Waals surface area (Å²) in [7, 11) is 0. The first kappa shape index (κ1) is 23.4. The number of hydrogen-bond acceptors (Lipinski definition) is 5. The number of rotatable bonds is 6. The number of hydrogen-bond donors (Lipinski definition) is 2. The molecule has 0 saturated carbocycles. The van der Waals surface area contributed by atoms with Crippen LogP contribution in [0.2, 0.25) is 0 Å². The predicted octanol–water partition coefficient (Wildman–Crippen LogP) is 3.85. The third kappa shape index (κ3) is 8.20. The van der Waals surface area contributed by atoms with Gasteiger partial charge in [-0.15, -0.1) is 11.3 Å². The second-order valence-corrected chi connectivity index (χ2v) is 9.87. The van der Waals surface area contributed by atoms with E-state index in [0.717, 1.165) is 62.1 Å². The lowest BCUT2D eigenvalue weighted by molar-refractivity contribution is 0.0162. The van der Waals surface area contributed by atoms with Crippen LogP contribution in [0, 0.1) is 19.8 Å². The lowest BCUT2D eigenvalue weighted by Crippen LogP contribution is -2.44. The van der Waals surface area contributed by atoms with E-state index in [2.05, 4.69) is 22.5 Å². The van der Waals surface area contributed by atoms with Crippen molar-refractivity contribution in [2.75, 3.05) is 26.2 Å². The third-order valence-corrected chi connectivity index (χ3v) is 5.80. The molecule has 1 amide bonds. The summed E-state index contributed by atoms with van der Waals surface area (Å²) < 4.78 is 5.52. The van der Waals surface area contributed by atoms with E-state index in [0.29, 0.717) is 12.5 Å². The van der Waals surface area contributed by atoms with E-state index < -0.39 is 5.60 Å². The minimum Gasteiger partial charge on any atom is -0.444 e. The molecule has 2 N–H and O–H groups in total. The molecule has 8 heteroatoms. The highest BCUT2D eigenvalue weighted by Gasteiger charge is 2.27. The maximum Gasteiger partial charge on any atom is 0.410 e. The van der Waals surface area contributed by atoms with Gasteiger partial charge in [0.05, 0.1) is 17.2 Å². The summed E-state index contributed by atoms with van der Waals surface area (Å²) in [6.45, 7) is 15.7. The molecule has 0 spiro atoms. The molecule has 0 aromatic carbocycles. The van der Waals surface area contributed by atoms with Crippen LogP contribution >= 0.6 is 11.3 Å². The number of thiazole rings is 1. The van der Waals surface area contributed by atoms with Gasteiger partial charge in [-0.25, -0.2) is 14.8 Å². The summed E-state index contributed by atoms with van der Waals surface area (Å²) in [5.74, 6) is 1.32. The zero-order valence-electron chi connectivity index (χ0n) is 18.8. The Morgan fingerprint density at radius 2 is 2.10 bits per heavy atom. The molecule has 0 aliphatic carbocycles. The second-order valence-electron chi connectivity index (χ2n) is 8.59. The van der Waals surface area contributed by atoms with Crippen molar-refractivity contribution >= 4 is 23.4 Å². The number of aromatic nitrogens is 1. The number of guanidine groups is 1. The van der Waals surface area contributed by atoms with Crippen LogP contribution in [0.1, 0.15) is 62.5 Å². The van der Waals surface area contributed by atoms with Gasteiger partial charge >= 0.3 is 6.09 Å². The van der Waals surface area contributed by atoms with E-state index in [4.69, 9.17) is 9.73 Å². The van der Waals surface area contributed by atoms with Crippen LogP contribution in [-0.2, 0) is 11.3 Å². The number of aliphatic imine (C=N–C) groups is 1. The van der Waals surface area contributed by atoms with Crippen LogP contribution < -0.4 is 10.6 Å². The van der Waals surface area contributed by atoms with Gasteiger partial charge in [0.15, 0.2) is 5.96 Å². The fourth-order valence-electron chi connectivity index (χ4n) is 3.40. The quantitative estimate of drug-likeness (QED) is 0.537. The van der Waals surface area contributed by atoms with E-state index in [9.17, 15) is 4.79 Å². The molecule has 1 aromatic heterocycles. The van der Waals surface area contributed by atoms with E-state index >= 15 is 0 Å². The third-order valence-electron chi connectivity index (χ3n) is 4.74. The van der Waals surface area contributed by atoms with Gasteiger partial charge in [0.25, 0.3) is 0 Å². The van der Waals surface area contributed by atoms with Gasteiger partial charge in [0, 0.05) is 31.1 Å². The van der Waals surface area contributed by atoms with Crippen LogP contribution in [0.25, 0.3) is 0 Å². The first-order valence-electron chi connectivity index (χ1n) is 10.6. The molecule has 0 radical (unpaired) electrons. The largest absolute Gasteiger partial charge is 0.444 e. The summed E-state index contributed by atoms with van der Waals surface area (Å²) in [6, 6.07) is 0. The summed E-state index contributed by atoms with van der Waals surface area (Å²) >= 11 is 1.70. The van der Waals surface area contributed by atoms with Crippen molar-refractivity contribution in [1.29, 1.82) is 0 Å². The molecule has 1 aliphatic rings. The number of carbonyl (C=O) groups excluding carboxylic acids is 1. The number of likely N-dealkylation sites (tertiary alicyclic amines) is 1. The van der Waals surface area contributed by atoms with E-state index in [1.807, 2.05) is 39.5 Å². The second kappa shape index (κ2) is 10.8. The minimum atomic E-state index is -0.447. The molecule has 7 nitrogen and oxygen atoms in total. The normalized spacial score (nSPS) is 17.9. The Morgan fingerprint density at radius 1 is 1.34 bits per heavy atom. The number of piperidine rings is 1. The van der Waals surface area contributed by atoms with Crippen LogP contribution in [0.3, 0.4) is 0 Å². The highest BCUT2D eigenvalue weighted by atomic mass is 32.1. The molecular weight excluding hydrogens is 386 g/mol. The fourth-order valence-corrected chi connectivity index (χ4v) is 4.26. The Balaban J connectivity index is 1.81. The molecule has 2 heterocycles. The number of amides is 1. The summed E-state index contributed by atoms with van der Waals surface area (Å²) in [5.41, 5.74) is 0.620. The zero-order valence-corrected chi connectivity index (χ0v) is 19.6. The van der Waals surface area contributed by atoms with Crippen LogP contribution in [0.4, 0.5) is 4.79 Å². The Morgan fingerprint density at radius 3 is 2.72 bits per heavy atom. The van der Waals surface area contributed by atoms with Gasteiger partial charge in [0.2, 0.25) is 0 Å². The number of aryl methyl sites for hydroxylation is 2. The number of nitrogens with zero attached hydrogens (tertiary/aromatic N) is 3. The summed E-state index contributed by atoms with van der Waals surface area (Å²) in [4.78, 5) is 24.6.